The number of nitrogens with zero attached hydrogens (tertiary/aromatic N) is 4. The molecule has 8 heteroatoms. The van der Waals surface area contributed by atoms with Crippen molar-refractivity contribution in [1.29, 1.82) is 0 Å². The molecule has 1 aliphatic rings. The Morgan fingerprint density at radius 1 is 1.25 bits per heavy atom. The highest BCUT2D eigenvalue weighted by molar-refractivity contribution is 5.92. The van der Waals surface area contributed by atoms with Gasteiger partial charge in [-0.15, -0.1) is 0 Å². The molecular weight excluding hydrogens is 356 g/mol. The number of nitrogens with one attached hydrogen (secondary N) is 2. The maximum atomic E-state index is 12.5. The molecule has 2 N–H and O–H groups in total. The average Bonchev–Trinajstić information content (AvgIpc) is 3.14. The first kappa shape index (κ1) is 19.9. The Balaban J connectivity index is 1.61. The largest absolute Gasteiger partial charge is 0.353 e. The third-order valence-electron chi connectivity index (χ3n) is 4.82. The molecule has 0 atom stereocenters. The van der Waals surface area contributed by atoms with E-state index >= 15 is 0 Å². The third-order valence-corrected chi connectivity index (χ3v) is 4.82. The number of aromatic nitrogens is 3. The molecule has 1 saturated heterocycles. The summed E-state index contributed by atoms with van der Waals surface area (Å²) in [6, 6.07) is 5.64. The van der Waals surface area contributed by atoms with Gasteiger partial charge < -0.3 is 15.1 Å². The van der Waals surface area contributed by atoms with Crippen LogP contribution in [0.25, 0.3) is 0 Å². The number of aromatic amines is 1. The predicted octanol–water partition coefficient (Wildman–Crippen LogP) is 1.60. The van der Waals surface area contributed by atoms with E-state index in [0.29, 0.717) is 31.2 Å². The molecule has 2 aromatic heterocycles. The first-order chi connectivity index (χ1) is 13.4. The molecule has 0 spiro atoms. The van der Waals surface area contributed by atoms with Crippen molar-refractivity contribution in [2.75, 3.05) is 31.1 Å². The van der Waals surface area contributed by atoms with Crippen LogP contribution in [0.3, 0.4) is 0 Å². The van der Waals surface area contributed by atoms with Gasteiger partial charge in [0.1, 0.15) is 11.5 Å². The van der Waals surface area contributed by atoms with Gasteiger partial charge in [-0.3, -0.25) is 14.7 Å². The summed E-state index contributed by atoms with van der Waals surface area (Å²) < 4.78 is 0. The van der Waals surface area contributed by atoms with E-state index in [0.717, 1.165) is 36.6 Å². The van der Waals surface area contributed by atoms with Gasteiger partial charge in [0, 0.05) is 57.1 Å². The number of H-pyrrole nitrogens is 1. The van der Waals surface area contributed by atoms with E-state index in [4.69, 9.17) is 0 Å². The topological polar surface area (TPSA) is 94.2 Å². The highest BCUT2D eigenvalue weighted by Crippen LogP contribution is 2.19. The molecule has 150 valence electrons. The van der Waals surface area contributed by atoms with Crippen LogP contribution in [0.4, 0.5) is 5.82 Å². The Labute approximate surface area is 165 Å². The van der Waals surface area contributed by atoms with Crippen molar-refractivity contribution >= 4 is 17.6 Å². The predicted molar refractivity (Wildman–Crippen MR) is 107 cm³/mol. The molecule has 0 saturated carbocycles. The van der Waals surface area contributed by atoms with E-state index in [-0.39, 0.29) is 11.8 Å². The molecule has 0 aliphatic carbocycles. The van der Waals surface area contributed by atoms with Crippen molar-refractivity contribution in [3.05, 3.63) is 41.3 Å². The normalized spacial score (nSPS) is 14.4. The number of carbonyl (C=O) groups is 2. The van der Waals surface area contributed by atoms with Gasteiger partial charge in [0.25, 0.3) is 5.91 Å². The van der Waals surface area contributed by atoms with E-state index in [1.807, 2.05) is 17.0 Å². The van der Waals surface area contributed by atoms with E-state index < -0.39 is 0 Å². The molecule has 0 bridgehead atoms. The molecule has 1 aliphatic heterocycles. The van der Waals surface area contributed by atoms with Crippen LogP contribution in [0, 0.1) is 5.92 Å². The lowest BCUT2D eigenvalue weighted by Crippen LogP contribution is -2.48. The Bertz CT molecular complexity index is 824. The number of amides is 2. The summed E-state index contributed by atoms with van der Waals surface area (Å²) in [6.45, 7) is 9.06. The quantitative estimate of drug-likeness (QED) is 0.789. The van der Waals surface area contributed by atoms with Crippen molar-refractivity contribution < 1.29 is 9.59 Å². The Kier molecular flexibility index (Phi) is 6.28. The van der Waals surface area contributed by atoms with E-state index in [1.165, 1.54) is 0 Å². The van der Waals surface area contributed by atoms with Crippen LogP contribution in [0.1, 0.15) is 42.5 Å². The number of rotatable bonds is 6. The molecule has 28 heavy (non-hydrogen) atoms. The molecule has 3 rings (SSSR count). The third kappa shape index (κ3) is 4.88. The van der Waals surface area contributed by atoms with E-state index in [9.17, 15) is 9.59 Å². The number of pyridine rings is 1. The van der Waals surface area contributed by atoms with Crippen LogP contribution in [0.5, 0.6) is 0 Å². The van der Waals surface area contributed by atoms with E-state index in [1.54, 1.807) is 19.2 Å². The monoisotopic (exact) mass is 384 g/mol. The van der Waals surface area contributed by atoms with Crippen LogP contribution >= 0.6 is 0 Å². The van der Waals surface area contributed by atoms with Crippen molar-refractivity contribution in [1.82, 2.24) is 25.4 Å². The van der Waals surface area contributed by atoms with Crippen LogP contribution in [-0.4, -0.2) is 58.1 Å². The summed E-state index contributed by atoms with van der Waals surface area (Å²) in [4.78, 5) is 32.5. The number of hydrogen-bond acceptors (Lipinski definition) is 5. The zero-order valence-electron chi connectivity index (χ0n) is 16.7. The molecule has 1 fully saturated rings. The minimum atomic E-state index is -0.206. The highest BCUT2D eigenvalue weighted by Gasteiger charge is 2.21. The van der Waals surface area contributed by atoms with Crippen molar-refractivity contribution in [3.8, 4) is 0 Å². The van der Waals surface area contributed by atoms with Crippen LogP contribution in [0.15, 0.2) is 24.4 Å². The first-order valence-electron chi connectivity index (χ1n) is 9.71. The number of carbonyl (C=O) groups excluding carboxylic acids is 2. The standard InChI is InChI=1S/C20H28N6O2/c1-14(2)11-17-12-18(24-23-17)20(28)22-13-16-5-4-6-21-19(16)26-9-7-25(8-10-26)15(3)27/h4-6,12,14H,7-11,13H2,1-3H3,(H,22,28)(H,23,24). The molecule has 8 nitrogen and oxygen atoms in total. The fraction of sp³-hybridized carbons (Fsp3) is 0.500. The van der Waals surface area contributed by atoms with Gasteiger partial charge in [-0.05, 0) is 24.5 Å². The van der Waals surface area contributed by atoms with E-state index in [2.05, 4.69) is 39.2 Å². The second-order valence-corrected chi connectivity index (χ2v) is 7.54. The lowest BCUT2D eigenvalue weighted by molar-refractivity contribution is -0.129. The van der Waals surface area contributed by atoms with Crippen LogP contribution in [-0.2, 0) is 17.8 Å². The lowest BCUT2D eigenvalue weighted by atomic mass is 10.1. The number of piperazine rings is 1. The molecular formula is C20H28N6O2. The lowest BCUT2D eigenvalue weighted by Gasteiger charge is -2.35. The van der Waals surface area contributed by atoms with Crippen LogP contribution < -0.4 is 10.2 Å². The Morgan fingerprint density at radius 3 is 2.68 bits per heavy atom. The molecule has 3 heterocycles. The fourth-order valence-corrected chi connectivity index (χ4v) is 3.37. The van der Waals surface area contributed by atoms with Crippen molar-refractivity contribution in [2.45, 2.75) is 33.7 Å². The zero-order chi connectivity index (χ0) is 20.1. The zero-order valence-corrected chi connectivity index (χ0v) is 16.7. The SMILES string of the molecule is CC(=O)N1CCN(c2ncccc2CNC(=O)c2cc(CC(C)C)[nH]n2)CC1. The van der Waals surface area contributed by atoms with Gasteiger partial charge in [-0.1, -0.05) is 19.9 Å². The average molecular weight is 384 g/mol. The molecule has 0 radical (unpaired) electrons. The summed E-state index contributed by atoms with van der Waals surface area (Å²) >= 11 is 0. The number of anilines is 1. The van der Waals surface area contributed by atoms with Crippen molar-refractivity contribution in [2.24, 2.45) is 5.92 Å². The Morgan fingerprint density at radius 2 is 2.00 bits per heavy atom. The summed E-state index contributed by atoms with van der Waals surface area (Å²) in [6.07, 6.45) is 2.61. The summed E-state index contributed by atoms with van der Waals surface area (Å²) in [7, 11) is 0. The second kappa shape index (κ2) is 8.86. The minimum absolute atomic E-state index is 0.101. The smallest absolute Gasteiger partial charge is 0.272 e. The summed E-state index contributed by atoms with van der Waals surface area (Å²) in [5.41, 5.74) is 2.31. The van der Waals surface area contributed by atoms with Gasteiger partial charge in [0.15, 0.2) is 0 Å². The highest BCUT2D eigenvalue weighted by atomic mass is 16.2. The second-order valence-electron chi connectivity index (χ2n) is 7.54. The van der Waals surface area contributed by atoms with Gasteiger partial charge >= 0.3 is 0 Å². The van der Waals surface area contributed by atoms with Gasteiger partial charge in [0.05, 0.1) is 0 Å². The van der Waals surface area contributed by atoms with Gasteiger partial charge in [-0.25, -0.2) is 4.98 Å². The maximum Gasteiger partial charge on any atom is 0.272 e. The van der Waals surface area contributed by atoms with Gasteiger partial charge in [-0.2, -0.15) is 5.10 Å². The maximum absolute atomic E-state index is 12.5. The molecule has 2 aromatic rings. The molecule has 2 amide bonds. The van der Waals surface area contributed by atoms with Gasteiger partial charge in [0.2, 0.25) is 5.91 Å². The summed E-state index contributed by atoms with van der Waals surface area (Å²) in [5.74, 6) is 1.25. The Hall–Kier alpha value is -2.90. The molecule has 0 aromatic carbocycles. The minimum Gasteiger partial charge on any atom is -0.353 e. The first-order valence-corrected chi connectivity index (χ1v) is 9.71. The van der Waals surface area contributed by atoms with Crippen LogP contribution in [0.2, 0.25) is 0 Å². The number of hydrogen-bond donors (Lipinski definition) is 2. The summed E-state index contributed by atoms with van der Waals surface area (Å²) in [5, 5.41) is 9.98. The molecule has 0 unspecified atom stereocenters. The fourth-order valence-electron chi connectivity index (χ4n) is 3.37. The van der Waals surface area contributed by atoms with Crippen molar-refractivity contribution in [3.63, 3.8) is 0 Å².